The average molecular weight is 250 g/mol. The fourth-order valence-electron chi connectivity index (χ4n) is 1.99. The molecule has 19 heavy (non-hydrogen) atoms. The average Bonchev–Trinajstić information content (AvgIpc) is 2.45. The molecule has 2 rings (SSSR count). The van der Waals surface area contributed by atoms with Crippen molar-refractivity contribution in [3.05, 3.63) is 77.9 Å². The summed E-state index contributed by atoms with van der Waals surface area (Å²) in [5, 5.41) is 0. The van der Waals surface area contributed by atoms with Crippen LogP contribution in [0.25, 0.3) is 6.08 Å². The third kappa shape index (κ3) is 4.22. The van der Waals surface area contributed by atoms with Crippen molar-refractivity contribution in [2.75, 3.05) is 0 Å². The van der Waals surface area contributed by atoms with Crippen LogP contribution >= 0.6 is 0 Å². The lowest BCUT2D eigenvalue weighted by atomic mass is 10.1. The van der Waals surface area contributed by atoms with E-state index in [0.29, 0.717) is 0 Å². The molecule has 2 aromatic carbocycles. The van der Waals surface area contributed by atoms with Crippen molar-refractivity contribution >= 4 is 11.8 Å². The van der Waals surface area contributed by atoms with Crippen LogP contribution in [0.3, 0.4) is 0 Å². The Bertz CT molecular complexity index is 549. The maximum Gasteiger partial charge on any atom is 0.194 e. The van der Waals surface area contributed by atoms with Gasteiger partial charge in [0.05, 0.1) is 0 Å². The van der Waals surface area contributed by atoms with Gasteiger partial charge in [0.25, 0.3) is 0 Å². The molecule has 2 aromatic rings. The number of hydrogen-bond acceptors (Lipinski definition) is 0. The molecular formula is C18H20N+. The molecule has 0 saturated carbocycles. The summed E-state index contributed by atoms with van der Waals surface area (Å²) in [4.78, 5) is 3.50. The molecule has 0 amide bonds. The summed E-state index contributed by atoms with van der Waals surface area (Å²) < 4.78 is 0. The topological polar surface area (TPSA) is 14.0 Å². The van der Waals surface area contributed by atoms with Gasteiger partial charge >= 0.3 is 0 Å². The van der Waals surface area contributed by atoms with Crippen LogP contribution in [-0.4, -0.2) is 5.71 Å². The minimum atomic E-state index is 0.214. The summed E-state index contributed by atoms with van der Waals surface area (Å²) in [6, 6.07) is 21.1. The molecule has 0 fully saturated rings. The maximum absolute atomic E-state index is 3.50. The van der Waals surface area contributed by atoms with Crippen LogP contribution in [0.1, 0.15) is 31.0 Å². The van der Waals surface area contributed by atoms with E-state index in [2.05, 4.69) is 79.5 Å². The number of hydrogen-bond donors (Lipinski definition) is 1. The molecule has 0 aliphatic carbocycles. The maximum atomic E-state index is 3.50. The highest BCUT2D eigenvalue weighted by Gasteiger charge is 2.10. The molecule has 1 unspecified atom stereocenters. The zero-order valence-corrected chi connectivity index (χ0v) is 11.5. The first kappa shape index (κ1) is 13.3. The summed E-state index contributed by atoms with van der Waals surface area (Å²) in [5.74, 6) is 0. The van der Waals surface area contributed by atoms with Crippen molar-refractivity contribution < 1.29 is 4.99 Å². The van der Waals surface area contributed by atoms with Crippen LogP contribution < -0.4 is 4.99 Å². The largest absolute Gasteiger partial charge is 0.239 e. The van der Waals surface area contributed by atoms with Gasteiger partial charge in [0.2, 0.25) is 0 Å². The molecule has 0 bridgehead atoms. The van der Waals surface area contributed by atoms with Gasteiger partial charge in [-0.1, -0.05) is 66.7 Å². The van der Waals surface area contributed by atoms with Gasteiger partial charge in [0.15, 0.2) is 6.04 Å². The summed E-state index contributed by atoms with van der Waals surface area (Å²) in [6.45, 7) is 4.18. The third-order valence-electron chi connectivity index (χ3n) is 2.88. The van der Waals surface area contributed by atoms with Crippen molar-refractivity contribution in [3.8, 4) is 0 Å². The number of benzene rings is 2. The van der Waals surface area contributed by atoms with Crippen molar-refractivity contribution in [1.82, 2.24) is 0 Å². The molecule has 0 aromatic heterocycles. The molecule has 1 atom stereocenters. The fraction of sp³-hybridized carbons (Fsp3) is 0.167. The van der Waals surface area contributed by atoms with Crippen LogP contribution in [0.15, 0.2) is 66.7 Å². The Morgan fingerprint density at radius 3 is 2.05 bits per heavy atom. The predicted molar refractivity (Wildman–Crippen MR) is 82.0 cm³/mol. The van der Waals surface area contributed by atoms with E-state index in [0.717, 1.165) is 0 Å². The van der Waals surface area contributed by atoms with E-state index in [1.54, 1.807) is 0 Å². The highest BCUT2D eigenvalue weighted by atomic mass is 14.8. The smallest absolute Gasteiger partial charge is 0.194 e. The van der Waals surface area contributed by atoms with E-state index in [4.69, 9.17) is 0 Å². The van der Waals surface area contributed by atoms with Crippen LogP contribution in [0, 0.1) is 0 Å². The van der Waals surface area contributed by atoms with E-state index in [1.807, 2.05) is 12.1 Å². The van der Waals surface area contributed by atoms with E-state index in [1.165, 1.54) is 16.8 Å². The number of nitrogens with one attached hydrogen (secondary N) is 1. The van der Waals surface area contributed by atoms with Crippen molar-refractivity contribution in [2.45, 2.75) is 19.9 Å². The SMILES string of the molecule is CC(C)=[NH+]C(/C=C/c1ccccc1)c1ccccc1. The second kappa shape index (κ2) is 6.69. The summed E-state index contributed by atoms with van der Waals surface area (Å²) in [7, 11) is 0. The molecule has 0 heterocycles. The standard InChI is InChI=1S/C18H19N/c1-15(2)19-18(17-11-7-4-8-12-17)14-13-16-9-5-3-6-10-16/h3-14,18H,1-2H3/p+1/b14-13+. The Morgan fingerprint density at radius 1 is 0.895 bits per heavy atom. The third-order valence-corrected chi connectivity index (χ3v) is 2.88. The summed E-state index contributed by atoms with van der Waals surface area (Å²) in [5.41, 5.74) is 3.71. The number of rotatable bonds is 4. The molecule has 1 nitrogen and oxygen atoms in total. The van der Waals surface area contributed by atoms with Gasteiger partial charge in [-0.15, -0.1) is 0 Å². The summed E-state index contributed by atoms with van der Waals surface area (Å²) >= 11 is 0. The van der Waals surface area contributed by atoms with E-state index >= 15 is 0 Å². The quantitative estimate of drug-likeness (QED) is 0.802. The van der Waals surface area contributed by atoms with Gasteiger partial charge in [-0.3, -0.25) is 0 Å². The first-order valence-electron chi connectivity index (χ1n) is 6.60. The van der Waals surface area contributed by atoms with Crippen LogP contribution in [0.2, 0.25) is 0 Å². The van der Waals surface area contributed by atoms with Gasteiger partial charge < -0.3 is 0 Å². The second-order valence-electron chi connectivity index (χ2n) is 4.80. The molecular weight excluding hydrogens is 230 g/mol. The molecule has 1 N–H and O–H groups in total. The highest BCUT2D eigenvalue weighted by molar-refractivity contribution is 5.73. The normalized spacial score (nSPS) is 12.3. The molecule has 0 saturated heterocycles. The molecule has 0 aliphatic heterocycles. The fourth-order valence-corrected chi connectivity index (χ4v) is 1.99. The zero-order chi connectivity index (χ0) is 13.5. The Labute approximate surface area is 115 Å². The van der Waals surface area contributed by atoms with Crippen LogP contribution in [0.5, 0.6) is 0 Å². The highest BCUT2D eigenvalue weighted by Crippen LogP contribution is 2.11. The van der Waals surface area contributed by atoms with Gasteiger partial charge in [-0.05, 0) is 11.6 Å². The van der Waals surface area contributed by atoms with E-state index in [9.17, 15) is 0 Å². The molecule has 0 radical (unpaired) electrons. The Kier molecular flexibility index (Phi) is 4.68. The lowest BCUT2D eigenvalue weighted by Crippen LogP contribution is -2.72. The van der Waals surface area contributed by atoms with E-state index in [-0.39, 0.29) is 6.04 Å². The van der Waals surface area contributed by atoms with Gasteiger partial charge in [0.1, 0.15) is 5.71 Å². The lowest BCUT2D eigenvalue weighted by molar-refractivity contribution is -0.496. The Balaban J connectivity index is 2.25. The molecule has 0 spiro atoms. The Hall–Kier alpha value is -2.15. The van der Waals surface area contributed by atoms with Crippen molar-refractivity contribution in [2.24, 2.45) is 0 Å². The minimum Gasteiger partial charge on any atom is -0.239 e. The first-order valence-corrected chi connectivity index (χ1v) is 6.60. The predicted octanol–water partition coefficient (Wildman–Crippen LogP) is 3.00. The minimum absolute atomic E-state index is 0.214. The van der Waals surface area contributed by atoms with Crippen LogP contribution in [-0.2, 0) is 0 Å². The van der Waals surface area contributed by atoms with Gasteiger partial charge in [-0.2, -0.15) is 0 Å². The van der Waals surface area contributed by atoms with Crippen molar-refractivity contribution in [3.63, 3.8) is 0 Å². The monoisotopic (exact) mass is 250 g/mol. The van der Waals surface area contributed by atoms with E-state index < -0.39 is 0 Å². The van der Waals surface area contributed by atoms with Crippen LogP contribution in [0.4, 0.5) is 0 Å². The zero-order valence-electron chi connectivity index (χ0n) is 11.5. The summed E-state index contributed by atoms with van der Waals surface area (Å²) in [6.07, 6.45) is 4.37. The van der Waals surface area contributed by atoms with Gasteiger partial charge in [-0.25, -0.2) is 4.99 Å². The van der Waals surface area contributed by atoms with Gasteiger partial charge in [0, 0.05) is 19.4 Å². The first-order chi connectivity index (χ1) is 9.25. The second-order valence-corrected chi connectivity index (χ2v) is 4.80. The molecule has 96 valence electrons. The Morgan fingerprint density at radius 2 is 1.47 bits per heavy atom. The lowest BCUT2D eigenvalue weighted by Gasteiger charge is -2.04. The molecule has 0 aliphatic rings. The van der Waals surface area contributed by atoms with Crippen molar-refractivity contribution in [1.29, 1.82) is 0 Å². The molecule has 1 heteroatoms.